The van der Waals surface area contributed by atoms with Gasteiger partial charge in [-0.05, 0) is 44.0 Å². The molecule has 0 aromatic carbocycles. The first-order valence-corrected chi connectivity index (χ1v) is 6.84. The Labute approximate surface area is 117 Å². The molecular formula is C10H5Br2FN2OS. The molecule has 17 heavy (non-hydrogen) atoms. The van der Waals surface area contributed by atoms with E-state index in [-0.39, 0.29) is 11.6 Å². The summed E-state index contributed by atoms with van der Waals surface area (Å²) < 4.78 is 14.8. The third-order valence-electron chi connectivity index (χ3n) is 1.92. The molecule has 0 aliphatic carbocycles. The Kier molecular flexibility index (Phi) is 3.90. The normalized spacial score (nSPS) is 10.3. The highest BCUT2D eigenvalue weighted by molar-refractivity contribution is 9.12. The summed E-state index contributed by atoms with van der Waals surface area (Å²) in [5, 5.41) is 2.48. The Morgan fingerprint density at radius 1 is 1.47 bits per heavy atom. The fourth-order valence-electron chi connectivity index (χ4n) is 1.16. The van der Waals surface area contributed by atoms with Gasteiger partial charge in [-0.2, -0.15) is 0 Å². The number of nitrogens with one attached hydrogen (secondary N) is 1. The fourth-order valence-corrected chi connectivity index (χ4v) is 3.95. The van der Waals surface area contributed by atoms with E-state index >= 15 is 0 Å². The van der Waals surface area contributed by atoms with Crippen molar-refractivity contribution in [2.75, 3.05) is 5.32 Å². The first-order valence-electron chi connectivity index (χ1n) is 4.43. The van der Waals surface area contributed by atoms with Crippen LogP contribution in [0, 0.1) is 5.82 Å². The highest BCUT2D eigenvalue weighted by Crippen LogP contribution is 2.32. The summed E-state index contributed by atoms with van der Waals surface area (Å²) in [4.78, 5) is 15.5. The molecule has 7 heteroatoms. The molecule has 0 saturated carbocycles. The summed E-state index contributed by atoms with van der Waals surface area (Å²) in [6.45, 7) is 0. The number of amides is 1. The van der Waals surface area contributed by atoms with E-state index in [2.05, 4.69) is 42.2 Å². The minimum absolute atomic E-state index is 0.110. The average Bonchev–Trinajstić information content (AvgIpc) is 2.61. The second kappa shape index (κ2) is 5.24. The van der Waals surface area contributed by atoms with Crippen LogP contribution in [0.4, 0.5) is 10.1 Å². The molecule has 1 amide bonds. The van der Waals surface area contributed by atoms with Crippen molar-refractivity contribution in [2.45, 2.75) is 0 Å². The van der Waals surface area contributed by atoms with Crippen molar-refractivity contribution in [3.05, 3.63) is 43.5 Å². The van der Waals surface area contributed by atoms with Gasteiger partial charge in [0.2, 0.25) is 0 Å². The van der Waals surface area contributed by atoms with Crippen molar-refractivity contribution < 1.29 is 9.18 Å². The maximum absolute atomic E-state index is 13.3. The summed E-state index contributed by atoms with van der Waals surface area (Å²) in [5.74, 6) is -0.935. The van der Waals surface area contributed by atoms with Crippen molar-refractivity contribution in [2.24, 2.45) is 0 Å². The lowest BCUT2D eigenvalue weighted by atomic mass is 10.3. The molecule has 0 unspecified atom stereocenters. The lowest BCUT2D eigenvalue weighted by molar-refractivity contribution is 0.102. The monoisotopic (exact) mass is 378 g/mol. The molecule has 1 N–H and O–H groups in total. The van der Waals surface area contributed by atoms with Crippen LogP contribution in [0.2, 0.25) is 0 Å². The lowest BCUT2D eigenvalue weighted by Crippen LogP contribution is -2.12. The number of halogens is 3. The molecule has 0 fully saturated rings. The average molecular weight is 380 g/mol. The number of carbonyl (C=O) groups excluding carboxylic acids is 1. The van der Waals surface area contributed by atoms with E-state index in [9.17, 15) is 9.18 Å². The van der Waals surface area contributed by atoms with Gasteiger partial charge in [-0.3, -0.25) is 9.78 Å². The number of carbonyl (C=O) groups is 1. The highest BCUT2D eigenvalue weighted by atomic mass is 79.9. The Morgan fingerprint density at radius 3 is 2.82 bits per heavy atom. The number of anilines is 1. The maximum atomic E-state index is 13.3. The smallest absolute Gasteiger partial charge is 0.257 e. The Morgan fingerprint density at radius 2 is 2.24 bits per heavy atom. The van der Waals surface area contributed by atoms with Crippen molar-refractivity contribution in [1.82, 2.24) is 4.98 Å². The SMILES string of the molecule is O=C(Nc1ccncc1F)c1cc(Br)sc1Br. The van der Waals surface area contributed by atoms with Crippen LogP contribution in [0.3, 0.4) is 0 Å². The topological polar surface area (TPSA) is 42.0 Å². The van der Waals surface area contributed by atoms with Gasteiger partial charge >= 0.3 is 0 Å². The lowest BCUT2D eigenvalue weighted by Gasteiger charge is -2.04. The summed E-state index contributed by atoms with van der Waals surface area (Å²) in [6.07, 6.45) is 2.46. The zero-order chi connectivity index (χ0) is 12.4. The number of rotatable bonds is 2. The number of thiophene rings is 1. The number of aromatic nitrogens is 1. The summed E-state index contributed by atoms with van der Waals surface area (Å²) in [5.41, 5.74) is 0.567. The van der Waals surface area contributed by atoms with E-state index in [1.165, 1.54) is 23.6 Å². The van der Waals surface area contributed by atoms with E-state index in [1.807, 2.05) is 0 Å². The van der Waals surface area contributed by atoms with Gasteiger partial charge in [0.25, 0.3) is 5.91 Å². The third-order valence-corrected chi connectivity index (χ3v) is 4.26. The fraction of sp³-hybridized carbons (Fsp3) is 0. The predicted octanol–water partition coefficient (Wildman–Crippen LogP) is 4.06. The summed E-state index contributed by atoms with van der Waals surface area (Å²) in [7, 11) is 0. The molecule has 0 saturated heterocycles. The van der Waals surface area contributed by atoms with Crippen LogP contribution < -0.4 is 5.32 Å². The van der Waals surface area contributed by atoms with Gasteiger partial charge in [0.05, 0.1) is 25.0 Å². The van der Waals surface area contributed by atoms with Gasteiger partial charge in [0.1, 0.15) is 0 Å². The molecule has 2 rings (SSSR count). The van der Waals surface area contributed by atoms with Crippen molar-refractivity contribution in [3.63, 3.8) is 0 Å². The zero-order valence-electron chi connectivity index (χ0n) is 8.21. The van der Waals surface area contributed by atoms with Crippen LogP contribution >= 0.6 is 43.2 Å². The van der Waals surface area contributed by atoms with E-state index < -0.39 is 5.82 Å². The molecule has 0 radical (unpaired) electrons. The van der Waals surface area contributed by atoms with Crippen molar-refractivity contribution in [1.29, 1.82) is 0 Å². The van der Waals surface area contributed by atoms with E-state index in [0.29, 0.717) is 9.35 Å². The molecule has 0 aliphatic rings. The standard InChI is InChI=1S/C10H5Br2FN2OS/c11-8-3-5(9(12)17-8)10(16)15-7-1-2-14-4-6(7)13/h1-4H,(H,14,15,16). The Bertz CT molecular complexity index is 573. The number of pyridine rings is 1. The van der Waals surface area contributed by atoms with Crippen LogP contribution in [0.5, 0.6) is 0 Å². The van der Waals surface area contributed by atoms with Gasteiger partial charge in [0, 0.05) is 6.20 Å². The van der Waals surface area contributed by atoms with Crippen LogP contribution in [-0.2, 0) is 0 Å². The zero-order valence-corrected chi connectivity index (χ0v) is 12.2. The first-order chi connectivity index (χ1) is 8.08. The number of hydrogen-bond acceptors (Lipinski definition) is 3. The molecule has 0 spiro atoms. The summed E-state index contributed by atoms with van der Waals surface area (Å²) in [6, 6.07) is 3.08. The van der Waals surface area contributed by atoms with Crippen molar-refractivity contribution >= 4 is 54.8 Å². The van der Waals surface area contributed by atoms with Gasteiger partial charge in [-0.25, -0.2) is 4.39 Å². The first kappa shape index (κ1) is 12.7. The second-order valence-corrected chi connectivity index (χ2v) is 6.80. The van der Waals surface area contributed by atoms with Crippen LogP contribution in [0.1, 0.15) is 10.4 Å². The van der Waals surface area contributed by atoms with Crippen LogP contribution in [-0.4, -0.2) is 10.9 Å². The number of nitrogens with zero attached hydrogens (tertiary/aromatic N) is 1. The van der Waals surface area contributed by atoms with E-state index in [4.69, 9.17) is 0 Å². The Balaban J connectivity index is 2.23. The van der Waals surface area contributed by atoms with E-state index in [0.717, 1.165) is 9.98 Å². The quantitative estimate of drug-likeness (QED) is 0.854. The van der Waals surface area contributed by atoms with Crippen molar-refractivity contribution in [3.8, 4) is 0 Å². The van der Waals surface area contributed by atoms with Crippen LogP contribution in [0.25, 0.3) is 0 Å². The van der Waals surface area contributed by atoms with Gasteiger partial charge in [-0.1, -0.05) is 0 Å². The molecule has 0 bridgehead atoms. The Hall–Kier alpha value is -0.790. The molecule has 0 atom stereocenters. The van der Waals surface area contributed by atoms with Gasteiger partial charge in [-0.15, -0.1) is 11.3 Å². The van der Waals surface area contributed by atoms with Crippen LogP contribution in [0.15, 0.2) is 32.1 Å². The molecule has 2 aromatic heterocycles. The minimum Gasteiger partial charge on any atom is -0.319 e. The predicted molar refractivity (Wildman–Crippen MR) is 71.9 cm³/mol. The second-order valence-electron chi connectivity index (χ2n) is 3.05. The number of hydrogen-bond donors (Lipinski definition) is 1. The molecule has 2 aromatic rings. The van der Waals surface area contributed by atoms with Gasteiger partial charge in [0.15, 0.2) is 5.82 Å². The highest BCUT2D eigenvalue weighted by Gasteiger charge is 2.15. The molecular weight excluding hydrogens is 375 g/mol. The third kappa shape index (κ3) is 2.91. The molecule has 88 valence electrons. The molecule has 2 heterocycles. The molecule has 3 nitrogen and oxygen atoms in total. The molecule has 0 aliphatic heterocycles. The van der Waals surface area contributed by atoms with E-state index in [1.54, 1.807) is 6.07 Å². The maximum Gasteiger partial charge on any atom is 0.257 e. The van der Waals surface area contributed by atoms with Gasteiger partial charge < -0.3 is 5.32 Å². The summed E-state index contributed by atoms with van der Waals surface area (Å²) >= 11 is 7.93. The largest absolute Gasteiger partial charge is 0.319 e. The minimum atomic E-state index is -0.564.